The molecule has 0 spiro atoms. The molecule has 1 aromatic rings. The fourth-order valence-corrected chi connectivity index (χ4v) is 3.18. The first-order chi connectivity index (χ1) is 13.2. The van der Waals surface area contributed by atoms with Crippen molar-refractivity contribution < 1.29 is 45.0 Å². The average Bonchev–Trinajstić information content (AvgIpc) is 3.16. The van der Waals surface area contributed by atoms with Crippen molar-refractivity contribution in [3.05, 3.63) is 45.5 Å². The van der Waals surface area contributed by atoms with E-state index in [9.17, 15) is 35.5 Å². The van der Waals surface area contributed by atoms with E-state index in [0.717, 1.165) is 7.11 Å². The minimum absolute atomic E-state index is 0.660. The number of benzene rings is 1. The molecule has 0 radical (unpaired) electrons. The molecular weight excluding hydrogens is 433 g/mol. The van der Waals surface area contributed by atoms with E-state index in [1.165, 1.54) is 13.8 Å². The summed E-state index contributed by atoms with van der Waals surface area (Å²) in [6.45, 7) is 1.07. The van der Waals surface area contributed by atoms with Gasteiger partial charge in [0.25, 0.3) is 0 Å². The molecule has 1 saturated carbocycles. The molecule has 1 fully saturated rings. The Morgan fingerprint density at radius 2 is 1.48 bits per heavy atom. The summed E-state index contributed by atoms with van der Waals surface area (Å²) >= 11 is 5.17. The van der Waals surface area contributed by atoms with Crippen LogP contribution in [0.3, 0.4) is 0 Å². The van der Waals surface area contributed by atoms with Crippen LogP contribution in [-0.2, 0) is 27.5 Å². The summed E-state index contributed by atoms with van der Waals surface area (Å²) in [5, 5.41) is -1.42. The van der Waals surface area contributed by atoms with E-state index in [4.69, 9.17) is 16.3 Å². The van der Waals surface area contributed by atoms with Crippen LogP contribution in [0, 0.1) is 40.5 Å². The van der Waals surface area contributed by atoms with Gasteiger partial charge in [-0.05, 0) is 11.3 Å². The summed E-state index contributed by atoms with van der Waals surface area (Å²) < 4.78 is 103. The molecule has 3 nitrogen and oxygen atoms in total. The van der Waals surface area contributed by atoms with Gasteiger partial charge in [-0.1, -0.05) is 31.5 Å². The number of rotatable bonds is 6. The molecule has 2 rings (SSSR count). The summed E-state index contributed by atoms with van der Waals surface area (Å²) in [6.07, 6.45) is -4.13. The Kier molecular flexibility index (Phi) is 6.59. The highest BCUT2D eigenvalue weighted by molar-refractivity contribution is 6.30. The number of halogens is 8. The lowest BCUT2D eigenvalue weighted by Crippen LogP contribution is -2.15. The van der Waals surface area contributed by atoms with Crippen LogP contribution in [0.2, 0.25) is 0 Å². The fraction of sp³-hybridized carbons (Fsp3) is 0.500. The van der Waals surface area contributed by atoms with E-state index in [0.29, 0.717) is 6.08 Å². The van der Waals surface area contributed by atoms with Gasteiger partial charge in [-0.25, -0.2) is 17.6 Å². The minimum atomic E-state index is -4.79. The zero-order chi connectivity index (χ0) is 22.3. The van der Waals surface area contributed by atoms with Gasteiger partial charge in [-0.2, -0.15) is 13.2 Å². The molecule has 0 aliphatic heterocycles. The molecule has 2 atom stereocenters. The van der Waals surface area contributed by atoms with E-state index in [2.05, 4.69) is 4.74 Å². The Morgan fingerprint density at radius 1 is 1.03 bits per heavy atom. The van der Waals surface area contributed by atoms with Crippen molar-refractivity contribution in [1.29, 1.82) is 0 Å². The van der Waals surface area contributed by atoms with Gasteiger partial charge in [0.2, 0.25) is 0 Å². The summed E-state index contributed by atoms with van der Waals surface area (Å²) in [5.74, 6) is -9.99. The van der Waals surface area contributed by atoms with Gasteiger partial charge in [0.15, 0.2) is 23.3 Å². The monoisotopic (exact) mass is 448 g/mol. The maximum absolute atomic E-state index is 14.0. The van der Waals surface area contributed by atoms with E-state index in [1.54, 1.807) is 0 Å². The maximum atomic E-state index is 14.0. The van der Waals surface area contributed by atoms with Gasteiger partial charge in [-0.3, -0.25) is 4.79 Å². The second-order valence-electron chi connectivity index (χ2n) is 7.09. The standard InChI is InChI=1S/C18H16ClF7O3/c1-17(2)9(4-10(19)18(24,25)26)11(17)16(27)29-6-8-14(22)12(20)7(5-28-3)13(21)15(8)23/h4,9,11H,5-6H2,1-3H3/b10-4+. The normalized spacial score (nSPS) is 21.3. The number of ether oxygens (including phenoxy) is 2. The van der Waals surface area contributed by atoms with Crippen molar-refractivity contribution in [1.82, 2.24) is 0 Å². The van der Waals surface area contributed by atoms with Crippen molar-refractivity contribution >= 4 is 17.6 Å². The molecule has 0 aromatic heterocycles. The molecule has 1 aromatic carbocycles. The van der Waals surface area contributed by atoms with Gasteiger partial charge in [0.05, 0.1) is 23.7 Å². The molecule has 2 unspecified atom stereocenters. The molecular formula is C18H16ClF7O3. The highest BCUT2D eigenvalue weighted by Crippen LogP contribution is 2.60. The topological polar surface area (TPSA) is 35.5 Å². The zero-order valence-corrected chi connectivity index (χ0v) is 16.2. The lowest BCUT2D eigenvalue weighted by molar-refractivity contribution is -0.147. The van der Waals surface area contributed by atoms with Gasteiger partial charge in [0.1, 0.15) is 11.6 Å². The first-order valence-electron chi connectivity index (χ1n) is 8.18. The number of alkyl halides is 3. The van der Waals surface area contributed by atoms with Gasteiger partial charge < -0.3 is 9.47 Å². The molecule has 1 aliphatic carbocycles. The maximum Gasteiger partial charge on any atom is 0.426 e. The molecule has 0 N–H and O–H groups in total. The predicted molar refractivity (Wildman–Crippen MR) is 87.5 cm³/mol. The number of allylic oxidation sites excluding steroid dienone is 2. The summed E-state index contributed by atoms with van der Waals surface area (Å²) in [7, 11) is 1.07. The molecule has 11 heteroatoms. The Balaban J connectivity index is 2.18. The second-order valence-corrected chi connectivity index (χ2v) is 7.50. The molecule has 162 valence electrons. The summed E-state index contributed by atoms with van der Waals surface area (Å²) in [6, 6.07) is 0. The second kappa shape index (κ2) is 8.14. The van der Waals surface area contributed by atoms with Crippen LogP contribution >= 0.6 is 11.6 Å². The summed E-state index contributed by atoms with van der Waals surface area (Å²) in [5.41, 5.74) is -3.08. The van der Waals surface area contributed by atoms with Crippen molar-refractivity contribution in [3.8, 4) is 0 Å². The Hall–Kier alpha value is -1.81. The first kappa shape index (κ1) is 23.5. The molecule has 0 bridgehead atoms. The van der Waals surface area contributed by atoms with Gasteiger partial charge in [0, 0.05) is 7.11 Å². The van der Waals surface area contributed by atoms with Gasteiger partial charge in [-0.15, -0.1) is 0 Å². The van der Waals surface area contributed by atoms with Crippen molar-refractivity contribution in [2.75, 3.05) is 7.11 Å². The van der Waals surface area contributed by atoms with Crippen LogP contribution in [0.4, 0.5) is 30.7 Å². The molecule has 29 heavy (non-hydrogen) atoms. The number of carbonyl (C=O) groups is 1. The number of carbonyl (C=O) groups excluding carboxylic acids is 1. The van der Waals surface area contributed by atoms with Crippen LogP contribution in [0.25, 0.3) is 0 Å². The largest absolute Gasteiger partial charge is 0.460 e. The Bertz CT molecular complexity index is 820. The molecule has 1 aliphatic rings. The van der Waals surface area contributed by atoms with Crippen molar-refractivity contribution in [3.63, 3.8) is 0 Å². The van der Waals surface area contributed by atoms with Crippen LogP contribution in [0.15, 0.2) is 11.1 Å². The SMILES string of the molecule is COCc1c(F)c(F)c(COC(=O)C2C(/C=C(/Cl)C(F)(F)F)C2(C)C)c(F)c1F. The van der Waals surface area contributed by atoms with Crippen LogP contribution < -0.4 is 0 Å². The minimum Gasteiger partial charge on any atom is -0.460 e. The van der Waals surface area contributed by atoms with Crippen LogP contribution in [0.5, 0.6) is 0 Å². The Labute approximate surface area is 166 Å². The van der Waals surface area contributed by atoms with E-state index < -0.39 is 82.0 Å². The van der Waals surface area contributed by atoms with Crippen molar-refractivity contribution in [2.24, 2.45) is 17.3 Å². The fourth-order valence-electron chi connectivity index (χ4n) is 3.04. The lowest BCUT2D eigenvalue weighted by atomic mass is 10.1. The number of hydrogen-bond donors (Lipinski definition) is 0. The number of esters is 1. The highest BCUT2D eigenvalue weighted by atomic mass is 35.5. The third kappa shape index (κ3) is 4.53. The average molecular weight is 449 g/mol. The Morgan fingerprint density at radius 3 is 1.90 bits per heavy atom. The third-order valence-electron chi connectivity index (χ3n) is 4.85. The zero-order valence-electron chi connectivity index (χ0n) is 15.4. The third-order valence-corrected chi connectivity index (χ3v) is 5.19. The molecule has 0 heterocycles. The van der Waals surface area contributed by atoms with Crippen molar-refractivity contribution in [2.45, 2.75) is 33.2 Å². The quantitative estimate of drug-likeness (QED) is 0.332. The highest BCUT2D eigenvalue weighted by Gasteiger charge is 2.62. The van der Waals surface area contributed by atoms with E-state index >= 15 is 0 Å². The lowest BCUT2D eigenvalue weighted by Gasteiger charge is -2.12. The number of hydrogen-bond acceptors (Lipinski definition) is 3. The van der Waals surface area contributed by atoms with Gasteiger partial charge >= 0.3 is 12.1 Å². The van der Waals surface area contributed by atoms with E-state index in [-0.39, 0.29) is 0 Å². The predicted octanol–water partition coefficient (Wildman–Crippen LogP) is 5.39. The smallest absolute Gasteiger partial charge is 0.426 e. The molecule has 0 saturated heterocycles. The molecule has 0 amide bonds. The summed E-state index contributed by atoms with van der Waals surface area (Å²) in [4.78, 5) is 12.2. The number of methoxy groups -OCH3 is 1. The van der Waals surface area contributed by atoms with Crippen LogP contribution in [-0.4, -0.2) is 19.3 Å². The first-order valence-corrected chi connectivity index (χ1v) is 8.56. The van der Waals surface area contributed by atoms with E-state index in [1.807, 2.05) is 0 Å². The van der Waals surface area contributed by atoms with Crippen LogP contribution in [0.1, 0.15) is 25.0 Å².